The smallest absolute Gasteiger partial charge is 0.123 e. The van der Waals surface area contributed by atoms with Gasteiger partial charge in [-0.15, -0.1) is 11.6 Å². The van der Waals surface area contributed by atoms with E-state index in [1.54, 1.807) is 6.20 Å². The largest absolute Gasteiger partial charge is 0.494 e. The lowest BCUT2D eigenvalue weighted by molar-refractivity contribution is 0.337. The number of benzene rings is 1. The van der Waals surface area contributed by atoms with Gasteiger partial charge in [0.2, 0.25) is 0 Å². The van der Waals surface area contributed by atoms with E-state index >= 15 is 0 Å². The highest BCUT2D eigenvalue weighted by Crippen LogP contribution is 2.24. The second-order valence-electron chi connectivity index (χ2n) is 4.06. The number of rotatable bonds is 6. The van der Waals surface area contributed by atoms with Crippen molar-refractivity contribution in [2.45, 2.75) is 19.3 Å². The number of pyridine rings is 1. The predicted octanol–water partition coefficient (Wildman–Crippen LogP) is 3.83. The Labute approximate surface area is 118 Å². The summed E-state index contributed by atoms with van der Waals surface area (Å²) in [5.74, 6) is 1.29. The van der Waals surface area contributed by atoms with Crippen LogP contribution in [0.5, 0.6) is 5.75 Å². The predicted molar refractivity (Wildman–Crippen MR) is 78.7 cm³/mol. The fraction of sp³-hybridized carbons (Fsp3) is 0.267. The van der Waals surface area contributed by atoms with Crippen LogP contribution in [0.3, 0.4) is 0 Å². The molecular formula is C15H17ClN2O. The van der Waals surface area contributed by atoms with Crippen LogP contribution in [0.1, 0.15) is 18.2 Å². The lowest BCUT2D eigenvalue weighted by atomic mass is 10.2. The Morgan fingerprint density at radius 2 is 2.16 bits per heavy atom. The maximum absolute atomic E-state index is 5.94. The Morgan fingerprint density at radius 1 is 1.26 bits per heavy atom. The van der Waals surface area contributed by atoms with E-state index in [0.29, 0.717) is 19.0 Å². The SMILES string of the molecule is CCOc1ccc(NCc2ccccn2)cc1CCl. The molecule has 0 unspecified atom stereocenters. The molecule has 0 saturated carbocycles. The molecule has 0 atom stereocenters. The Kier molecular flexibility index (Phi) is 5.04. The molecule has 0 aliphatic rings. The fourth-order valence-corrected chi connectivity index (χ4v) is 1.99. The lowest BCUT2D eigenvalue weighted by Crippen LogP contribution is -2.02. The number of hydrogen-bond acceptors (Lipinski definition) is 3. The highest BCUT2D eigenvalue weighted by molar-refractivity contribution is 6.17. The molecule has 19 heavy (non-hydrogen) atoms. The van der Waals surface area contributed by atoms with Gasteiger partial charge in [-0.3, -0.25) is 4.98 Å². The highest BCUT2D eigenvalue weighted by Gasteiger charge is 2.04. The molecule has 0 spiro atoms. The summed E-state index contributed by atoms with van der Waals surface area (Å²) in [5.41, 5.74) is 3.02. The zero-order valence-corrected chi connectivity index (χ0v) is 11.7. The number of nitrogens with zero attached hydrogens (tertiary/aromatic N) is 1. The molecule has 0 fully saturated rings. The van der Waals surface area contributed by atoms with Crippen molar-refractivity contribution in [2.24, 2.45) is 0 Å². The zero-order valence-electron chi connectivity index (χ0n) is 10.9. The van der Waals surface area contributed by atoms with Crippen LogP contribution in [0, 0.1) is 0 Å². The van der Waals surface area contributed by atoms with E-state index in [9.17, 15) is 0 Å². The third-order valence-electron chi connectivity index (χ3n) is 2.70. The molecule has 0 saturated heterocycles. The van der Waals surface area contributed by atoms with E-state index in [-0.39, 0.29) is 0 Å². The van der Waals surface area contributed by atoms with Crippen molar-refractivity contribution in [3.05, 3.63) is 53.9 Å². The van der Waals surface area contributed by atoms with Crippen LogP contribution in [-0.4, -0.2) is 11.6 Å². The van der Waals surface area contributed by atoms with E-state index < -0.39 is 0 Å². The second-order valence-corrected chi connectivity index (χ2v) is 4.33. The second kappa shape index (κ2) is 7.00. The van der Waals surface area contributed by atoms with E-state index in [2.05, 4.69) is 10.3 Å². The molecule has 100 valence electrons. The van der Waals surface area contributed by atoms with Gasteiger partial charge in [0.1, 0.15) is 5.75 Å². The van der Waals surface area contributed by atoms with E-state index in [1.165, 1.54) is 0 Å². The third-order valence-corrected chi connectivity index (χ3v) is 2.99. The van der Waals surface area contributed by atoms with Crippen molar-refractivity contribution in [2.75, 3.05) is 11.9 Å². The Bertz CT molecular complexity index is 517. The molecule has 1 aromatic heterocycles. The van der Waals surface area contributed by atoms with E-state index in [0.717, 1.165) is 22.7 Å². The summed E-state index contributed by atoms with van der Waals surface area (Å²) < 4.78 is 5.52. The molecule has 0 aliphatic heterocycles. The molecule has 2 rings (SSSR count). The van der Waals surface area contributed by atoms with Crippen LogP contribution in [0.25, 0.3) is 0 Å². The molecule has 2 aromatic rings. The number of nitrogens with one attached hydrogen (secondary N) is 1. The minimum absolute atomic E-state index is 0.439. The van der Waals surface area contributed by atoms with Gasteiger partial charge in [-0.1, -0.05) is 6.07 Å². The molecule has 0 amide bonds. The van der Waals surface area contributed by atoms with Crippen molar-refractivity contribution in [1.29, 1.82) is 0 Å². The third kappa shape index (κ3) is 3.86. The van der Waals surface area contributed by atoms with E-state index in [1.807, 2.05) is 43.3 Å². The van der Waals surface area contributed by atoms with Gasteiger partial charge in [0.15, 0.2) is 0 Å². The number of hydrogen-bond donors (Lipinski definition) is 1. The number of aromatic nitrogens is 1. The summed E-state index contributed by atoms with van der Waals surface area (Å²) in [4.78, 5) is 4.27. The molecule has 1 aromatic carbocycles. The topological polar surface area (TPSA) is 34.1 Å². The van der Waals surface area contributed by atoms with Gasteiger partial charge in [-0.05, 0) is 37.3 Å². The first-order valence-corrected chi connectivity index (χ1v) is 6.82. The van der Waals surface area contributed by atoms with Gasteiger partial charge >= 0.3 is 0 Å². The molecule has 1 N–H and O–H groups in total. The van der Waals surface area contributed by atoms with Crippen LogP contribution in [0.4, 0.5) is 5.69 Å². The van der Waals surface area contributed by atoms with Crippen molar-refractivity contribution < 1.29 is 4.74 Å². The van der Waals surface area contributed by atoms with Crippen LogP contribution >= 0.6 is 11.6 Å². The van der Waals surface area contributed by atoms with Gasteiger partial charge in [-0.25, -0.2) is 0 Å². The zero-order chi connectivity index (χ0) is 13.5. The number of alkyl halides is 1. The minimum Gasteiger partial charge on any atom is -0.494 e. The van der Waals surface area contributed by atoms with Crippen molar-refractivity contribution >= 4 is 17.3 Å². The number of anilines is 1. The molecular weight excluding hydrogens is 260 g/mol. The molecule has 0 radical (unpaired) electrons. The average Bonchev–Trinajstić information content (AvgIpc) is 2.47. The van der Waals surface area contributed by atoms with Crippen LogP contribution in [0.15, 0.2) is 42.6 Å². The van der Waals surface area contributed by atoms with Gasteiger partial charge in [0.05, 0.1) is 24.7 Å². The summed E-state index contributed by atoms with van der Waals surface area (Å²) >= 11 is 5.94. The maximum atomic E-state index is 5.94. The summed E-state index contributed by atoms with van der Waals surface area (Å²) in [5, 5.41) is 3.33. The maximum Gasteiger partial charge on any atom is 0.123 e. The standard InChI is InChI=1S/C15H17ClN2O/c1-2-19-15-7-6-13(9-12(15)10-16)18-11-14-5-3-4-8-17-14/h3-9,18H,2,10-11H2,1H3. The molecule has 4 heteroatoms. The Balaban J connectivity index is 2.05. The highest BCUT2D eigenvalue weighted by atomic mass is 35.5. The van der Waals surface area contributed by atoms with Crippen molar-refractivity contribution in [1.82, 2.24) is 4.98 Å². The molecule has 3 nitrogen and oxygen atoms in total. The van der Waals surface area contributed by atoms with Crippen molar-refractivity contribution in [3.63, 3.8) is 0 Å². The van der Waals surface area contributed by atoms with Gasteiger partial charge < -0.3 is 10.1 Å². The average molecular weight is 277 g/mol. The summed E-state index contributed by atoms with van der Waals surface area (Å²) in [6.07, 6.45) is 1.79. The summed E-state index contributed by atoms with van der Waals surface area (Å²) in [6, 6.07) is 11.8. The first kappa shape index (κ1) is 13.7. The van der Waals surface area contributed by atoms with Crippen LogP contribution < -0.4 is 10.1 Å². The summed E-state index contributed by atoms with van der Waals surface area (Å²) in [6.45, 7) is 3.30. The Hall–Kier alpha value is -1.74. The Morgan fingerprint density at radius 3 is 2.84 bits per heavy atom. The molecule has 0 bridgehead atoms. The minimum atomic E-state index is 0.439. The molecule has 0 aliphatic carbocycles. The first-order valence-electron chi connectivity index (χ1n) is 6.29. The van der Waals surface area contributed by atoms with Gasteiger partial charge in [0.25, 0.3) is 0 Å². The van der Waals surface area contributed by atoms with Crippen LogP contribution in [0.2, 0.25) is 0 Å². The van der Waals surface area contributed by atoms with Gasteiger partial charge in [-0.2, -0.15) is 0 Å². The van der Waals surface area contributed by atoms with E-state index in [4.69, 9.17) is 16.3 Å². The van der Waals surface area contributed by atoms with Crippen LogP contribution in [-0.2, 0) is 12.4 Å². The summed E-state index contributed by atoms with van der Waals surface area (Å²) in [7, 11) is 0. The first-order chi connectivity index (χ1) is 9.33. The normalized spacial score (nSPS) is 10.2. The van der Waals surface area contributed by atoms with Gasteiger partial charge in [0, 0.05) is 17.4 Å². The number of ether oxygens (including phenoxy) is 1. The molecule has 1 heterocycles. The fourth-order valence-electron chi connectivity index (χ4n) is 1.79. The lowest BCUT2D eigenvalue weighted by Gasteiger charge is -2.11. The monoisotopic (exact) mass is 276 g/mol. The number of halogens is 1. The quantitative estimate of drug-likeness (QED) is 0.814. The van der Waals surface area contributed by atoms with Crippen molar-refractivity contribution in [3.8, 4) is 5.75 Å².